The van der Waals surface area contributed by atoms with Crippen molar-refractivity contribution in [3.63, 3.8) is 0 Å². The van der Waals surface area contributed by atoms with Crippen molar-refractivity contribution in [3.05, 3.63) is 24.5 Å². The summed E-state index contributed by atoms with van der Waals surface area (Å²) in [6, 6.07) is 3.73. The van der Waals surface area contributed by atoms with Gasteiger partial charge in [-0.15, -0.1) is 0 Å². The van der Waals surface area contributed by atoms with Crippen LogP contribution in [0.25, 0.3) is 0 Å². The fourth-order valence-corrected chi connectivity index (χ4v) is 3.23. The van der Waals surface area contributed by atoms with Crippen LogP contribution in [-0.2, 0) is 4.74 Å². The van der Waals surface area contributed by atoms with Crippen LogP contribution in [0.4, 0.5) is 11.8 Å². The lowest BCUT2D eigenvalue weighted by Gasteiger charge is -2.28. The second-order valence-electron chi connectivity index (χ2n) is 6.35. The average molecular weight is 406 g/mol. The molecule has 144 valence electrons. The first-order valence-corrected chi connectivity index (χ1v) is 10.0. The van der Waals surface area contributed by atoms with Crippen molar-refractivity contribution in [1.29, 1.82) is 0 Å². The number of hydrogen-bond donors (Lipinski definition) is 2. The minimum absolute atomic E-state index is 0.457. The Kier molecular flexibility index (Phi) is 7.13. The van der Waals surface area contributed by atoms with Crippen molar-refractivity contribution in [2.45, 2.75) is 24.0 Å². The summed E-state index contributed by atoms with van der Waals surface area (Å²) >= 11 is 6.75. The summed E-state index contributed by atoms with van der Waals surface area (Å²) in [7, 11) is 0. The van der Waals surface area contributed by atoms with Crippen LogP contribution in [0.3, 0.4) is 0 Å². The van der Waals surface area contributed by atoms with Gasteiger partial charge in [0.2, 0.25) is 5.95 Å². The van der Waals surface area contributed by atoms with Gasteiger partial charge in [-0.25, -0.2) is 15.0 Å². The highest BCUT2D eigenvalue weighted by Gasteiger charge is 2.16. The van der Waals surface area contributed by atoms with E-state index in [1.54, 1.807) is 18.5 Å². The molecule has 2 aromatic rings. The molecule has 2 N–H and O–H groups in total. The molecule has 10 heteroatoms. The number of anilines is 2. The number of aromatic nitrogens is 4. The van der Waals surface area contributed by atoms with Gasteiger partial charge in [0.05, 0.1) is 13.2 Å². The van der Waals surface area contributed by atoms with E-state index in [4.69, 9.17) is 17.0 Å². The van der Waals surface area contributed by atoms with Gasteiger partial charge in [-0.2, -0.15) is 4.98 Å². The van der Waals surface area contributed by atoms with Crippen LogP contribution < -0.4 is 15.5 Å². The van der Waals surface area contributed by atoms with E-state index in [0.717, 1.165) is 30.5 Å². The molecule has 27 heavy (non-hydrogen) atoms. The maximum absolute atomic E-state index is 5.44. The predicted molar refractivity (Wildman–Crippen MR) is 110 cm³/mol. The second kappa shape index (κ2) is 9.77. The Labute approximate surface area is 168 Å². The number of hydrogen-bond acceptors (Lipinski definition) is 8. The molecule has 1 saturated heterocycles. The number of morpholine rings is 1. The van der Waals surface area contributed by atoms with Gasteiger partial charge in [-0.3, -0.25) is 0 Å². The van der Waals surface area contributed by atoms with Gasteiger partial charge >= 0.3 is 0 Å². The highest BCUT2D eigenvalue weighted by Crippen LogP contribution is 2.27. The van der Waals surface area contributed by atoms with E-state index < -0.39 is 0 Å². The van der Waals surface area contributed by atoms with Gasteiger partial charge in [0.15, 0.2) is 10.3 Å². The molecule has 1 aliphatic rings. The Balaban J connectivity index is 1.80. The van der Waals surface area contributed by atoms with Crippen molar-refractivity contribution < 1.29 is 4.74 Å². The Morgan fingerprint density at radius 2 is 2.00 bits per heavy atom. The van der Waals surface area contributed by atoms with Gasteiger partial charge in [0.25, 0.3) is 0 Å². The molecule has 0 amide bonds. The highest BCUT2D eigenvalue weighted by molar-refractivity contribution is 7.99. The SMILES string of the molecule is CC(C)CNC(=S)Nc1nc(Sc2ncccn2)cc(N2CCOCC2)n1. The van der Waals surface area contributed by atoms with Gasteiger partial charge in [-0.1, -0.05) is 13.8 Å². The quantitative estimate of drug-likeness (QED) is 0.423. The highest BCUT2D eigenvalue weighted by atomic mass is 32.2. The Bertz CT molecular complexity index is 754. The fraction of sp³-hybridized carbons (Fsp3) is 0.471. The second-order valence-corrected chi connectivity index (χ2v) is 7.75. The Morgan fingerprint density at radius 1 is 1.26 bits per heavy atom. The molecule has 0 aromatic carbocycles. The first-order valence-electron chi connectivity index (χ1n) is 8.81. The molecule has 0 radical (unpaired) electrons. The zero-order chi connectivity index (χ0) is 19.1. The topological polar surface area (TPSA) is 88.1 Å². The minimum Gasteiger partial charge on any atom is -0.378 e. The largest absolute Gasteiger partial charge is 0.378 e. The van der Waals surface area contributed by atoms with Crippen LogP contribution in [-0.4, -0.2) is 57.9 Å². The molecule has 3 heterocycles. The van der Waals surface area contributed by atoms with Gasteiger partial charge in [0, 0.05) is 38.1 Å². The molecule has 0 aliphatic carbocycles. The molecule has 0 saturated carbocycles. The third kappa shape index (κ3) is 6.26. The van der Waals surface area contributed by atoms with E-state index in [2.05, 4.69) is 49.3 Å². The third-order valence-electron chi connectivity index (χ3n) is 3.66. The standard InChI is InChI=1S/C17H23N7OS2/c1-12(2)11-20-16(26)23-15-21-13(24-6-8-25-9-7-24)10-14(22-15)27-17-18-4-3-5-19-17/h3-5,10,12H,6-9,11H2,1-2H3,(H2,20,21,22,23,26). The maximum Gasteiger partial charge on any atom is 0.232 e. The predicted octanol–water partition coefficient (Wildman–Crippen LogP) is 2.20. The van der Waals surface area contributed by atoms with Gasteiger partial charge < -0.3 is 20.3 Å². The van der Waals surface area contributed by atoms with Crippen molar-refractivity contribution >= 4 is 40.9 Å². The minimum atomic E-state index is 0.457. The Morgan fingerprint density at radius 3 is 2.70 bits per heavy atom. The lowest BCUT2D eigenvalue weighted by molar-refractivity contribution is 0.122. The van der Waals surface area contributed by atoms with Crippen molar-refractivity contribution in [3.8, 4) is 0 Å². The number of nitrogens with one attached hydrogen (secondary N) is 2. The molecule has 1 aliphatic heterocycles. The molecule has 0 spiro atoms. The van der Waals surface area contributed by atoms with E-state index in [1.807, 2.05) is 6.07 Å². The van der Waals surface area contributed by atoms with E-state index in [9.17, 15) is 0 Å². The van der Waals surface area contributed by atoms with Gasteiger partial charge in [0.1, 0.15) is 10.8 Å². The normalized spacial score (nSPS) is 14.3. The van der Waals surface area contributed by atoms with Crippen molar-refractivity contribution in [2.75, 3.05) is 43.1 Å². The van der Waals surface area contributed by atoms with Crippen molar-refractivity contribution in [1.82, 2.24) is 25.3 Å². The first kappa shape index (κ1) is 19.7. The lowest BCUT2D eigenvalue weighted by atomic mass is 10.2. The third-order valence-corrected chi connectivity index (χ3v) is 4.72. The Hall–Kier alpha value is -2.04. The molecule has 3 rings (SSSR count). The summed E-state index contributed by atoms with van der Waals surface area (Å²) in [6.07, 6.45) is 3.42. The molecule has 8 nitrogen and oxygen atoms in total. The summed E-state index contributed by atoms with van der Waals surface area (Å²) in [4.78, 5) is 19.9. The molecular weight excluding hydrogens is 382 g/mol. The summed E-state index contributed by atoms with van der Waals surface area (Å²) in [5.41, 5.74) is 0. The number of thiocarbonyl (C=S) groups is 1. The number of ether oxygens (including phenoxy) is 1. The summed E-state index contributed by atoms with van der Waals surface area (Å²) in [6.45, 7) is 7.99. The van der Waals surface area contributed by atoms with E-state index in [-0.39, 0.29) is 0 Å². The molecule has 2 aromatic heterocycles. The van der Waals surface area contributed by atoms with Gasteiger partial charge in [-0.05, 0) is 36.0 Å². The zero-order valence-corrected chi connectivity index (χ0v) is 17.0. The van der Waals surface area contributed by atoms with Crippen LogP contribution in [0.1, 0.15) is 13.8 Å². The van der Waals surface area contributed by atoms with Crippen LogP contribution in [0.2, 0.25) is 0 Å². The lowest BCUT2D eigenvalue weighted by Crippen LogP contribution is -2.37. The van der Waals surface area contributed by atoms with E-state index in [0.29, 0.717) is 35.3 Å². The number of rotatable bonds is 6. The van der Waals surface area contributed by atoms with Crippen LogP contribution in [0.15, 0.2) is 34.7 Å². The molecule has 0 unspecified atom stereocenters. The number of nitrogens with zero attached hydrogens (tertiary/aromatic N) is 5. The molecular formula is C17H23N7OS2. The van der Waals surface area contributed by atoms with Crippen LogP contribution >= 0.6 is 24.0 Å². The zero-order valence-electron chi connectivity index (χ0n) is 15.4. The van der Waals surface area contributed by atoms with E-state index >= 15 is 0 Å². The first-order chi connectivity index (χ1) is 13.1. The summed E-state index contributed by atoms with van der Waals surface area (Å²) in [5, 5.41) is 8.16. The summed E-state index contributed by atoms with van der Waals surface area (Å²) < 4.78 is 5.44. The monoisotopic (exact) mass is 405 g/mol. The van der Waals surface area contributed by atoms with Crippen molar-refractivity contribution in [2.24, 2.45) is 5.92 Å². The van der Waals surface area contributed by atoms with E-state index in [1.165, 1.54) is 11.8 Å². The molecule has 1 fully saturated rings. The summed E-state index contributed by atoms with van der Waals surface area (Å²) in [5.74, 6) is 1.78. The fourth-order valence-electron chi connectivity index (χ4n) is 2.35. The molecule has 0 atom stereocenters. The molecule has 0 bridgehead atoms. The average Bonchev–Trinajstić information content (AvgIpc) is 2.68. The maximum atomic E-state index is 5.44. The van der Waals surface area contributed by atoms with Crippen LogP contribution in [0, 0.1) is 5.92 Å². The van der Waals surface area contributed by atoms with Crippen LogP contribution in [0.5, 0.6) is 0 Å². The smallest absolute Gasteiger partial charge is 0.232 e.